The minimum absolute atomic E-state index is 0.0898. The molecule has 0 spiro atoms. The molecule has 2 aromatic rings. The fourth-order valence-corrected chi connectivity index (χ4v) is 1.70. The number of alkyl halides is 2. The van der Waals surface area contributed by atoms with Gasteiger partial charge in [-0.2, -0.15) is 8.78 Å². The normalized spacial score (nSPS) is 12.6. The summed E-state index contributed by atoms with van der Waals surface area (Å²) in [5.74, 6) is 1.02. The molecule has 2 rings (SSSR count). The average Bonchev–Trinajstić information content (AvgIpc) is 2.91. The number of ether oxygens (including phenoxy) is 1. The van der Waals surface area contributed by atoms with Crippen LogP contribution in [0.15, 0.2) is 47.1 Å². The summed E-state index contributed by atoms with van der Waals surface area (Å²) in [7, 11) is 0. The fourth-order valence-electron chi connectivity index (χ4n) is 1.70. The molecule has 0 aliphatic rings. The van der Waals surface area contributed by atoms with Gasteiger partial charge in [0.2, 0.25) is 0 Å². The van der Waals surface area contributed by atoms with Gasteiger partial charge >= 0.3 is 6.61 Å². The van der Waals surface area contributed by atoms with Gasteiger partial charge in [-0.3, -0.25) is 0 Å². The summed E-state index contributed by atoms with van der Waals surface area (Å²) >= 11 is 0. The number of furan rings is 1. The van der Waals surface area contributed by atoms with Crippen LogP contribution >= 0.6 is 0 Å². The number of halogens is 2. The topological polar surface area (TPSA) is 34.4 Å². The van der Waals surface area contributed by atoms with Crippen LogP contribution in [0.1, 0.15) is 24.3 Å². The maximum Gasteiger partial charge on any atom is 0.387 e. The third-order valence-electron chi connectivity index (χ3n) is 2.73. The van der Waals surface area contributed by atoms with Crippen molar-refractivity contribution in [3.63, 3.8) is 0 Å². The van der Waals surface area contributed by atoms with Crippen LogP contribution in [0.5, 0.6) is 5.75 Å². The highest BCUT2D eigenvalue weighted by molar-refractivity contribution is 5.27. The Bertz CT molecular complexity index is 483. The molecule has 1 N–H and O–H groups in total. The van der Waals surface area contributed by atoms with Gasteiger partial charge in [-0.15, -0.1) is 0 Å². The van der Waals surface area contributed by atoms with Crippen LogP contribution in [0.4, 0.5) is 8.78 Å². The Morgan fingerprint density at radius 3 is 2.53 bits per heavy atom. The van der Waals surface area contributed by atoms with Crippen molar-refractivity contribution in [1.29, 1.82) is 0 Å². The molecule has 5 heteroatoms. The van der Waals surface area contributed by atoms with Crippen LogP contribution in [0.25, 0.3) is 0 Å². The predicted octanol–water partition coefficient (Wildman–Crippen LogP) is 3.73. The lowest BCUT2D eigenvalue weighted by atomic mass is 10.2. The van der Waals surface area contributed by atoms with Crippen molar-refractivity contribution in [2.75, 3.05) is 0 Å². The minimum atomic E-state index is -2.79. The van der Waals surface area contributed by atoms with Crippen molar-refractivity contribution in [3.8, 4) is 5.75 Å². The lowest BCUT2D eigenvalue weighted by molar-refractivity contribution is -0.0498. The number of nitrogens with one attached hydrogen (secondary N) is 1. The van der Waals surface area contributed by atoms with Gasteiger partial charge in [0.15, 0.2) is 0 Å². The molecule has 19 heavy (non-hydrogen) atoms. The highest BCUT2D eigenvalue weighted by atomic mass is 19.3. The van der Waals surface area contributed by atoms with Gasteiger partial charge in [-0.25, -0.2) is 0 Å². The van der Waals surface area contributed by atoms with E-state index in [1.54, 1.807) is 18.4 Å². The number of benzene rings is 1. The maximum absolute atomic E-state index is 12.0. The first-order valence-corrected chi connectivity index (χ1v) is 5.95. The maximum atomic E-state index is 12.0. The van der Waals surface area contributed by atoms with E-state index in [4.69, 9.17) is 4.42 Å². The van der Waals surface area contributed by atoms with Crippen LogP contribution in [0.2, 0.25) is 0 Å². The zero-order valence-electron chi connectivity index (χ0n) is 10.5. The first kappa shape index (κ1) is 13.5. The molecule has 1 aromatic carbocycles. The summed E-state index contributed by atoms with van der Waals surface area (Å²) in [5.41, 5.74) is 0.986. The number of hydrogen-bond donors (Lipinski definition) is 1. The average molecular weight is 267 g/mol. The first-order valence-electron chi connectivity index (χ1n) is 5.95. The standard InChI is InChI=1S/C14H15F2NO2/c1-10(13-3-2-8-18-13)17-9-11-4-6-12(7-5-11)19-14(15)16/h2-8,10,14,17H,9H2,1H3. The van der Waals surface area contributed by atoms with E-state index < -0.39 is 6.61 Å². The molecule has 102 valence electrons. The third kappa shape index (κ3) is 4.06. The fraction of sp³-hybridized carbons (Fsp3) is 0.286. The van der Waals surface area contributed by atoms with Crippen LogP contribution in [-0.2, 0) is 6.54 Å². The second kappa shape index (κ2) is 6.33. The molecule has 0 aliphatic heterocycles. The zero-order valence-corrected chi connectivity index (χ0v) is 10.5. The molecule has 1 heterocycles. The van der Waals surface area contributed by atoms with E-state index in [0.717, 1.165) is 11.3 Å². The molecular weight excluding hydrogens is 252 g/mol. The van der Waals surface area contributed by atoms with Crippen molar-refractivity contribution in [2.24, 2.45) is 0 Å². The highest BCUT2D eigenvalue weighted by Gasteiger charge is 2.07. The molecule has 0 bridgehead atoms. The summed E-state index contributed by atoms with van der Waals surface area (Å²) in [6.45, 7) is -0.174. The van der Waals surface area contributed by atoms with Crippen LogP contribution in [0, 0.1) is 0 Å². The summed E-state index contributed by atoms with van der Waals surface area (Å²) in [5, 5.41) is 3.28. The molecule has 0 amide bonds. The van der Waals surface area contributed by atoms with Gasteiger partial charge in [0, 0.05) is 6.54 Å². The molecule has 0 saturated carbocycles. The van der Waals surface area contributed by atoms with Gasteiger partial charge in [0.1, 0.15) is 11.5 Å². The molecule has 1 atom stereocenters. The molecule has 0 radical (unpaired) electrons. The van der Waals surface area contributed by atoms with E-state index in [-0.39, 0.29) is 11.8 Å². The number of hydrogen-bond acceptors (Lipinski definition) is 3. The summed E-state index contributed by atoms with van der Waals surface area (Å²) in [6, 6.07) is 10.4. The van der Waals surface area contributed by atoms with E-state index in [1.807, 2.05) is 19.1 Å². The quantitative estimate of drug-likeness (QED) is 0.866. The Morgan fingerprint density at radius 1 is 1.21 bits per heavy atom. The zero-order chi connectivity index (χ0) is 13.7. The van der Waals surface area contributed by atoms with Crippen molar-refractivity contribution >= 4 is 0 Å². The second-order valence-electron chi connectivity index (χ2n) is 4.14. The van der Waals surface area contributed by atoms with Gasteiger partial charge in [0.25, 0.3) is 0 Å². The summed E-state index contributed by atoms with van der Waals surface area (Å²) in [6.07, 6.45) is 1.63. The predicted molar refractivity (Wildman–Crippen MR) is 67.0 cm³/mol. The van der Waals surface area contributed by atoms with Gasteiger partial charge in [0.05, 0.1) is 12.3 Å². The number of rotatable bonds is 6. The van der Waals surface area contributed by atoms with Gasteiger partial charge in [-0.05, 0) is 36.8 Å². The monoisotopic (exact) mass is 267 g/mol. The molecule has 0 saturated heterocycles. The van der Waals surface area contributed by atoms with E-state index in [2.05, 4.69) is 10.1 Å². The van der Waals surface area contributed by atoms with Gasteiger partial charge < -0.3 is 14.5 Å². The Kier molecular flexibility index (Phi) is 4.52. The Morgan fingerprint density at radius 2 is 1.95 bits per heavy atom. The van der Waals surface area contributed by atoms with Crippen LogP contribution in [0.3, 0.4) is 0 Å². The smallest absolute Gasteiger partial charge is 0.387 e. The lowest BCUT2D eigenvalue weighted by Crippen LogP contribution is -2.17. The van der Waals surface area contributed by atoms with Crippen molar-refractivity contribution < 1.29 is 17.9 Å². The first-order chi connectivity index (χ1) is 9.15. The molecule has 1 unspecified atom stereocenters. The Balaban J connectivity index is 1.86. The van der Waals surface area contributed by atoms with Crippen LogP contribution < -0.4 is 10.1 Å². The summed E-state index contributed by atoms with van der Waals surface area (Å²) in [4.78, 5) is 0. The summed E-state index contributed by atoms with van der Waals surface area (Å²) < 4.78 is 33.5. The molecule has 3 nitrogen and oxygen atoms in total. The van der Waals surface area contributed by atoms with Crippen molar-refractivity contribution in [1.82, 2.24) is 5.32 Å². The third-order valence-corrected chi connectivity index (χ3v) is 2.73. The lowest BCUT2D eigenvalue weighted by Gasteiger charge is -2.11. The van der Waals surface area contributed by atoms with E-state index in [9.17, 15) is 8.78 Å². The van der Waals surface area contributed by atoms with E-state index >= 15 is 0 Å². The Hall–Kier alpha value is -1.88. The van der Waals surface area contributed by atoms with Crippen molar-refractivity contribution in [3.05, 3.63) is 54.0 Å². The minimum Gasteiger partial charge on any atom is -0.468 e. The van der Waals surface area contributed by atoms with E-state index in [1.165, 1.54) is 12.1 Å². The van der Waals surface area contributed by atoms with E-state index in [0.29, 0.717) is 6.54 Å². The highest BCUT2D eigenvalue weighted by Crippen LogP contribution is 2.16. The largest absolute Gasteiger partial charge is 0.468 e. The SMILES string of the molecule is CC(NCc1ccc(OC(F)F)cc1)c1ccco1. The molecule has 1 aromatic heterocycles. The molecule has 0 fully saturated rings. The molecule has 0 aliphatic carbocycles. The van der Waals surface area contributed by atoms with Crippen LogP contribution in [-0.4, -0.2) is 6.61 Å². The second-order valence-corrected chi connectivity index (χ2v) is 4.14. The van der Waals surface area contributed by atoms with Crippen molar-refractivity contribution in [2.45, 2.75) is 26.1 Å². The Labute approximate surface area is 110 Å². The molecular formula is C14H15F2NO2. The van der Waals surface area contributed by atoms with Gasteiger partial charge in [-0.1, -0.05) is 12.1 Å².